The van der Waals surface area contributed by atoms with Crippen molar-refractivity contribution in [3.63, 3.8) is 0 Å². The quantitative estimate of drug-likeness (QED) is 0.438. The van der Waals surface area contributed by atoms with Gasteiger partial charge in [-0.05, 0) is 50.2 Å². The van der Waals surface area contributed by atoms with E-state index in [2.05, 4.69) is 16.0 Å². The Morgan fingerprint density at radius 2 is 1.72 bits per heavy atom. The third kappa shape index (κ3) is 3.65. The number of benzene rings is 2. The maximum absolute atomic E-state index is 13.2. The highest BCUT2D eigenvalue weighted by atomic mass is 32.1. The van der Waals surface area contributed by atoms with Crippen molar-refractivity contribution < 1.29 is 9.47 Å². The van der Waals surface area contributed by atoms with Gasteiger partial charge in [0.1, 0.15) is 0 Å². The first-order valence-electron chi connectivity index (χ1n) is 9.73. The number of rotatable bonds is 7. The minimum atomic E-state index is -0.132. The van der Waals surface area contributed by atoms with Gasteiger partial charge in [0.2, 0.25) is 0 Å². The van der Waals surface area contributed by atoms with Crippen molar-refractivity contribution in [2.75, 3.05) is 13.2 Å². The van der Waals surface area contributed by atoms with E-state index < -0.39 is 0 Å². The van der Waals surface area contributed by atoms with Crippen LogP contribution < -0.4 is 15.0 Å². The number of ether oxygens (including phenoxy) is 2. The molecule has 0 aliphatic rings. The lowest BCUT2D eigenvalue weighted by atomic mass is 10.1. The maximum atomic E-state index is 13.2. The molecule has 0 radical (unpaired) electrons. The van der Waals surface area contributed by atoms with E-state index in [-0.39, 0.29) is 5.56 Å². The average molecular weight is 410 g/mol. The lowest BCUT2D eigenvalue weighted by Gasteiger charge is -2.13. The Labute approximate surface area is 173 Å². The highest BCUT2D eigenvalue weighted by Crippen LogP contribution is 2.31. The fraction of sp³-hybridized carbons (Fsp3) is 0.273. The molecule has 0 aliphatic heterocycles. The number of fused-ring (bicyclic) bond motifs is 2. The molecule has 0 unspecified atom stereocenters. The molecule has 4 aromatic rings. The van der Waals surface area contributed by atoms with Crippen LogP contribution in [0.5, 0.6) is 11.5 Å². The van der Waals surface area contributed by atoms with Crippen LogP contribution in [-0.4, -0.2) is 27.7 Å². The van der Waals surface area contributed by atoms with E-state index in [0.717, 1.165) is 16.5 Å². The summed E-state index contributed by atoms with van der Waals surface area (Å²) in [5, 5.41) is 1.70. The van der Waals surface area contributed by atoms with E-state index in [9.17, 15) is 4.79 Å². The Kier molecular flexibility index (Phi) is 5.40. The molecule has 4 rings (SSSR count). The summed E-state index contributed by atoms with van der Waals surface area (Å²) in [7, 11) is 0. The molecule has 6 nitrogen and oxygen atoms in total. The number of aryl methyl sites for hydroxylation is 1. The molecule has 7 heteroatoms. The highest BCUT2D eigenvalue weighted by molar-refractivity contribution is 7.71. The monoisotopic (exact) mass is 409 g/mol. The van der Waals surface area contributed by atoms with Gasteiger partial charge in [0.15, 0.2) is 16.3 Å². The van der Waals surface area contributed by atoms with Gasteiger partial charge in [-0.15, -0.1) is 0 Å². The van der Waals surface area contributed by atoms with Crippen molar-refractivity contribution in [2.24, 2.45) is 0 Å². The van der Waals surface area contributed by atoms with E-state index >= 15 is 0 Å². The molecular weight excluding hydrogens is 386 g/mol. The van der Waals surface area contributed by atoms with Gasteiger partial charge >= 0.3 is 0 Å². The minimum Gasteiger partial charge on any atom is -0.490 e. The van der Waals surface area contributed by atoms with Crippen molar-refractivity contribution in [3.8, 4) is 11.5 Å². The van der Waals surface area contributed by atoms with Crippen molar-refractivity contribution in [2.45, 2.75) is 26.8 Å². The number of H-pyrrole nitrogens is 2. The molecule has 0 amide bonds. The smallest absolute Gasteiger partial charge is 0.262 e. The summed E-state index contributed by atoms with van der Waals surface area (Å²) < 4.78 is 13.3. The number of hydrogen-bond donors (Lipinski definition) is 2. The van der Waals surface area contributed by atoms with Gasteiger partial charge in [0.25, 0.3) is 5.56 Å². The Balaban J connectivity index is 1.73. The molecule has 2 aromatic carbocycles. The summed E-state index contributed by atoms with van der Waals surface area (Å²) in [5.41, 5.74) is 2.76. The maximum Gasteiger partial charge on any atom is 0.262 e. The van der Waals surface area contributed by atoms with Crippen molar-refractivity contribution in [1.82, 2.24) is 14.5 Å². The Morgan fingerprint density at radius 1 is 1.00 bits per heavy atom. The van der Waals surface area contributed by atoms with Crippen LogP contribution in [0.1, 0.15) is 19.4 Å². The number of aromatic nitrogens is 3. The van der Waals surface area contributed by atoms with Crippen molar-refractivity contribution in [3.05, 3.63) is 63.3 Å². The van der Waals surface area contributed by atoms with Gasteiger partial charge in [-0.1, -0.05) is 18.2 Å². The number of nitrogens with one attached hydrogen (secondary N) is 2. The summed E-state index contributed by atoms with van der Waals surface area (Å²) in [5.74, 6) is 1.16. The second-order valence-electron chi connectivity index (χ2n) is 6.71. The summed E-state index contributed by atoms with van der Waals surface area (Å²) in [4.78, 5) is 19.6. The zero-order valence-corrected chi connectivity index (χ0v) is 17.3. The first-order valence-corrected chi connectivity index (χ1v) is 10.1. The van der Waals surface area contributed by atoms with Crippen molar-refractivity contribution in [1.29, 1.82) is 0 Å². The number of aromatic amines is 2. The Morgan fingerprint density at radius 3 is 2.48 bits per heavy atom. The van der Waals surface area contributed by atoms with E-state index in [1.54, 1.807) is 16.7 Å². The largest absolute Gasteiger partial charge is 0.490 e. The first kappa shape index (κ1) is 19.3. The van der Waals surface area contributed by atoms with Gasteiger partial charge < -0.3 is 19.4 Å². The summed E-state index contributed by atoms with van der Waals surface area (Å²) in [6.07, 6.45) is 2.69. The third-order valence-electron chi connectivity index (χ3n) is 4.93. The molecule has 0 fully saturated rings. The van der Waals surface area contributed by atoms with E-state index in [0.29, 0.717) is 53.4 Å². The Hall–Kier alpha value is -3.06. The second kappa shape index (κ2) is 8.13. The molecule has 2 N–H and O–H groups in total. The van der Waals surface area contributed by atoms with Crippen LogP contribution in [-0.2, 0) is 13.0 Å². The lowest BCUT2D eigenvalue weighted by Crippen LogP contribution is -2.23. The molecule has 2 aromatic heterocycles. The SMILES string of the molecule is CCOc1cc2[nH]c(=S)n(CCc3c[nH]c4ccccc34)c(=O)c2cc1OCC. The number of nitrogens with zero attached hydrogens (tertiary/aromatic N) is 1. The third-order valence-corrected chi connectivity index (χ3v) is 5.25. The van der Waals surface area contributed by atoms with Crippen molar-refractivity contribution >= 4 is 34.0 Å². The van der Waals surface area contributed by atoms with E-state index in [4.69, 9.17) is 21.7 Å². The molecule has 0 bridgehead atoms. The van der Waals surface area contributed by atoms with E-state index in [1.807, 2.05) is 38.2 Å². The van der Waals surface area contributed by atoms with Gasteiger partial charge in [0, 0.05) is 29.7 Å². The zero-order chi connectivity index (χ0) is 20.4. The highest BCUT2D eigenvalue weighted by Gasteiger charge is 2.13. The average Bonchev–Trinajstić information content (AvgIpc) is 3.12. The first-order chi connectivity index (χ1) is 14.1. The molecule has 0 aliphatic carbocycles. The molecular formula is C22H23N3O3S. The number of para-hydroxylation sites is 1. The fourth-order valence-corrected chi connectivity index (χ4v) is 3.86. The zero-order valence-electron chi connectivity index (χ0n) is 16.5. The predicted molar refractivity (Wildman–Crippen MR) is 118 cm³/mol. The summed E-state index contributed by atoms with van der Waals surface area (Å²) >= 11 is 5.48. The van der Waals surface area contributed by atoms with Crippen LogP contribution in [0.2, 0.25) is 0 Å². The predicted octanol–water partition coefficient (Wildman–Crippen LogP) is 4.58. The fourth-order valence-electron chi connectivity index (χ4n) is 3.57. The minimum absolute atomic E-state index is 0.132. The molecule has 0 spiro atoms. The topological polar surface area (TPSA) is 72.0 Å². The van der Waals surface area contributed by atoms with Gasteiger partial charge in [-0.3, -0.25) is 9.36 Å². The second-order valence-corrected chi connectivity index (χ2v) is 7.09. The molecule has 150 valence electrons. The Bertz CT molecular complexity index is 1290. The van der Waals surface area contributed by atoms with Crippen LogP contribution >= 0.6 is 12.2 Å². The number of hydrogen-bond acceptors (Lipinski definition) is 4. The summed E-state index contributed by atoms with van der Waals surface area (Å²) in [6, 6.07) is 11.6. The molecule has 29 heavy (non-hydrogen) atoms. The van der Waals surface area contributed by atoms with Gasteiger partial charge in [0.05, 0.1) is 24.1 Å². The molecule has 0 saturated carbocycles. The lowest BCUT2D eigenvalue weighted by molar-refractivity contribution is 0.288. The molecule has 0 saturated heterocycles. The van der Waals surface area contributed by atoms with Gasteiger partial charge in [-0.2, -0.15) is 0 Å². The van der Waals surface area contributed by atoms with Crippen LogP contribution in [0.3, 0.4) is 0 Å². The van der Waals surface area contributed by atoms with Crippen LogP contribution in [0, 0.1) is 4.77 Å². The van der Waals surface area contributed by atoms with Gasteiger partial charge in [-0.25, -0.2) is 0 Å². The standard InChI is InChI=1S/C22H23N3O3S/c1-3-27-19-11-16-18(12-20(19)28-4-2)24-22(29)25(21(16)26)10-9-14-13-23-17-8-6-5-7-15(14)17/h5-8,11-13,23H,3-4,9-10H2,1-2H3,(H,24,29). The van der Waals surface area contributed by atoms with Crippen LogP contribution in [0.15, 0.2) is 47.4 Å². The summed E-state index contributed by atoms with van der Waals surface area (Å²) in [6.45, 7) is 5.29. The molecule has 0 atom stereocenters. The van der Waals surface area contributed by atoms with E-state index in [1.165, 1.54) is 0 Å². The van der Waals surface area contributed by atoms with Crippen LogP contribution in [0.25, 0.3) is 21.8 Å². The van der Waals surface area contributed by atoms with Crippen LogP contribution in [0.4, 0.5) is 0 Å². The molecule has 2 heterocycles. The normalized spacial score (nSPS) is 11.2.